The Kier molecular flexibility index (Phi) is 5.66. The molecule has 0 saturated carbocycles. The largest absolute Gasteiger partial charge is 0.319 e. The average molecular weight is 417 g/mol. The first-order valence-electron chi connectivity index (χ1n) is 8.60. The molecule has 0 spiro atoms. The Morgan fingerprint density at radius 2 is 1.89 bits per heavy atom. The summed E-state index contributed by atoms with van der Waals surface area (Å²) in [5, 5.41) is 15.7. The number of thioether (sulfide) groups is 1. The molecule has 1 amide bonds. The van der Waals surface area contributed by atoms with E-state index in [1.165, 1.54) is 22.7 Å². The summed E-state index contributed by atoms with van der Waals surface area (Å²) in [6, 6.07) is 3.10. The third kappa shape index (κ3) is 3.85. The number of carbonyl (C=O) groups excluding carboxylic acids is 1. The van der Waals surface area contributed by atoms with Gasteiger partial charge < -0.3 is 5.32 Å². The molecule has 2 aromatic heterocycles. The number of benzene rings is 1. The second-order valence-electron chi connectivity index (χ2n) is 6.53. The van der Waals surface area contributed by atoms with Gasteiger partial charge in [-0.2, -0.15) is 0 Å². The van der Waals surface area contributed by atoms with Crippen LogP contribution in [-0.2, 0) is 4.79 Å². The van der Waals surface area contributed by atoms with E-state index in [2.05, 4.69) is 15.3 Å². The van der Waals surface area contributed by atoms with E-state index >= 15 is 0 Å². The van der Waals surface area contributed by atoms with Crippen molar-refractivity contribution in [2.24, 2.45) is 0 Å². The summed E-state index contributed by atoms with van der Waals surface area (Å²) < 4.78 is 0. The van der Waals surface area contributed by atoms with Gasteiger partial charge in [-0.05, 0) is 51.3 Å². The molecule has 0 unspecified atom stereocenters. The van der Waals surface area contributed by atoms with E-state index in [0.717, 1.165) is 26.4 Å². The molecule has 0 aliphatic carbocycles. The van der Waals surface area contributed by atoms with Crippen LogP contribution in [0.2, 0.25) is 0 Å². The number of nitrogens with zero attached hydrogens (tertiary/aromatic N) is 3. The van der Waals surface area contributed by atoms with Gasteiger partial charge in [0.1, 0.15) is 21.4 Å². The minimum absolute atomic E-state index is 0.102. The van der Waals surface area contributed by atoms with Crippen molar-refractivity contribution in [3.63, 3.8) is 0 Å². The quantitative estimate of drug-likeness (QED) is 0.276. The molecule has 3 aromatic rings. The second-order valence-corrected chi connectivity index (χ2v) is 8.70. The van der Waals surface area contributed by atoms with Gasteiger partial charge in [0.15, 0.2) is 0 Å². The maximum atomic E-state index is 12.5. The number of aryl methyl sites for hydroxylation is 4. The van der Waals surface area contributed by atoms with Gasteiger partial charge in [0.25, 0.3) is 5.69 Å². The molecule has 146 valence electrons. The highest BCUT2D eigenvalue weighted by atomic mass is 32.2. The first-order valence-corrected chi connectivity index (χ1v) is 10.4. The molecule has 0 atom stereocenters. The normalized spacial score (nSPS) is 11.0. The summed E-state index contributed by atoms with van der Waals surface area (Å²) in [4.78, 5) is 34.4. The molecule has 0 radical (unpaired) electrons. The predicted molar refractivity (Wildman–Crippen MR) is 114 cm³/mol. The van der Waals surface area contributed by atoms with Crippen LogP contribution in [0.4, 0.5) is 11.4 Å². The molecule has 3 rings (SSSR count). The lowest BCUT2D eigenvalue weighted by Gasteiger charge is -2.11. The number of aromatic nitrogens is 2. The Morgan fingerprint density at radius 1 is 1.18 bits per heavy atom. The fourth-order valence-electron chi connectivity index (χ4n) is 2.84. The number of carbonyl (C=O) groups is 1. The Balaban J connectivity index is 1.84. The average Bonchev–Trinajstić information content (AvgIpc) is 2.90. The Morgan fingerprint density at radius 3 is 2.57 bits per heavy atom. The number of anilines is 1. The molecule has 0 bridgehead atoms. The van der Waals surface area contributed by atoms with Gasteiger partial charge >= 0.3 is 0 Å². The van der Waals surface area contributed by atoms with Crippen LogP contribution in [0.1, 0.15) is 27.4 Å². The second kappa shape index (κ2) is 7.84. The van der Waals surface area contributed by atoms with Crippen molar-refractivity contribution in [2.75, 3.05) is 11.1 Å². The molecule has 1 N–H and O–H groups in total. The fraction of sp³-hybridized carbons (Fsp3) is 0.316. The zero-order chi connectivity index (χ0) is 20.6. The van der Waals surface area contributed by atoms with E-state index in [1.54, 1.807) is 24.3 Å². The Hall–Kier alpha value is -2.52. The van der Waals surface area contributed by atoms with Gasteiger partial charge in [0.05, 0.1) is 10.7 Å². The van der Waals surface area contributed by atoms with E-state index < -0.39 is 4.92 Å². The van der Waals surface area contributed by atoms with Crippen molar-refractivity contribution in [1.82, 2.24) is 9.97 Å². The highest BCUT2D eigenvalue weighted by molar-refractivity contribution is 8.00. The predicted octanol–water partition coefficient (Wildman–Crippen LogP) is 4.87. The zero-order valence-electron chi connectivity index (χ0n) is 16.2. The molecule has 0 fully saturated rings. The van der Waals surface area contributed by atoms with Crippen LogP contribution in [0.3, 0.4) is 0 Å². The lowest BCUT2D eigenvalue weighted by atomic mass is 10.1. The zero-order valence-corrected chi connectivity index (χ0v) is 17.9. The van der Waals surface area contributed by atoms with Gasteiger partial charge in [-0.1, -0.05) is 17.8 Å². The summed E-state index contributed by atoms with van der Waals surface area (Å²) in [6.45, 7) is 9.51. The van der Waals surface area contributed by atoms with Crippen LogP contribution in [-0.4, -0.2) is 26.6 Å². The molecule has 28 heavy (non-hydrogen) atoms. The molecule has 0 saturated heterocycles. The minimum Gasteiger partial charge on any atom is -0.319 e. The molecule has 1 aromatic carbocycles. The molecular weight excluding hydrogens is 396 g/mol. The molecule has 9 heteroatoms. The van der Waals surface area contributed by atoms with Gasteiger partial charge in [-0.3, -0.25) is 14.9 Å². The number of thiophene rings is 1. The maximum Gasteiger partial charge on any atom is 0.293 e. The van der Waals surface area contributed by atoms with Crippen molar-refractivity contribution in [3.8, 4) is 0 Å². The third-order valence-electron chi connectivity index (χ3n) is 4.62. The SMILES string of the molecule is Cc1nc(SCC(=O)Nc2c([N+](=O)[O-])ccc(C)c2C)c2c(C)c(C)sc2n1. The highest BCUT2D eigenvalue weighted by Gasteiger charge is 2.20. The number of fused-ring (bicyclic) bond motifs is 1. The number of nitro benzene ring substituents is 1. The van der Waals surface area contributed by atoms with E-state index in [-0.39, 0.29) is 23.0 Å². The number of rotatable bonds is 5. The van der Waals surface area contributed by atoms with Gasteiger partial charge in [-0.15, -0.1) is 11.3 Å². The maximum absolute atomic E-state index is 12.5. The summed E-state index contributed by atoms with van der Waals surface area (Å²) >= 11 is 2.93. The fourth-order valence-corrected chi connectivity index (χ4v) is 4.91. The number of amides is 1. The standard InChI is InChI=1S/C19H20N4O3S2/c1-9-6-7-14(23(25)26)17(10(9)2)22-15(24)8-27-18-16-11(3)12(4)28-19(16)21-13(5)20-18/h6-7H,8H2,1-5H3,(H,22,24). The van der Waals surface area contributed by atoms with Gasteiger partial charge in [0.2, 0.25) is 5.91 Å². The van der Waals surface area contributed by atoms with Crippen molar-refractivity contribution in [3.05, 3.63) is 49.6 Å². The van der Waals surface area contributed by atoms with E-state index in [9.17, 15) is 14.9 Å². The molecule has 0 aliphatic heterocycles. The van der Waals surface area contributed by atoms with Crippen molar-refractivity contribution < 1.29 is 9.72 Å². The van der Waals surface area contributed by atoms with Crippen LogP contribution in [0, 0.1) is 44.7 Å². The lowest BCUT2D eigenvalue weighted by molar-refractivity contribution is -0.384. The lowest BCUT2D eigenvalue weighted by Crippen LogP contribution is -2.16. The van der Waals surface area contributed by atoms with Crippen LogP contribution >= 0.6 is 23.1 Å². The summed E-state index contributed by atoms with van der Waals surface area (Å²) in [5.41, 5.74) is 2.84. The number of nitrogens with one attached hydrogen (secondary N) is 1. The number of hydrogen-bond acceptors (Lipinski definition) is 7. The Bertz CT molecular complexity index is 1110. The molecular formula is C19H20N4O3S2. The highest BCUT2D eigenvalue weighted by Crippen LogP contribution is 2.35. The molecule has 0 aliphatic rings. The summed E-state index contributed by atoms with van der Waals surface area (Å²) in [7, 11) is 0. The number of nitro groups is 1. The number of hydrogen-bond donors (Lipinski definition) is 1. The molecule has 2 heterocycles. The summed E-state index contributed by atoms with van der Waals surface area (Å²) in [6.07, 6.45) is 0. The summed E-state index contributed by atoms with van der Waals surface area (Å²) in [5.74, 6) is 0.447. The van der Waals surface area contributed by atoms with Crippen molar-refractivity contribution >= 4 is 50.6 Å². The van der Waals surface area contributed by atoms with Crippen LogP contribution in [0.15, 0.2) is 17.2 Å². The monoisotopic (exact) mass is 416 g/mol. The van der Waals surface area contributed by atoms with E-state index in [0.29, 0.717) is 11.4 Å². The molecule has 7 nitrogen and oxygen atoms in total. The van der Waals surface area contributed by atoms with E-state index in [4.69, 9.17) is 0 Å². The van der Waals surface area contributed by atoms with Crippen LogP contribution < -0.4 is 5.32 Å². The first-order chi connectivity index (χ1) is 13.2. The van der Waals surface area contributed by atoms with Crippen molar-refractivity contribution in [2.45, 2.75) is 39.6 Å². The first kappa shape index (κ1) is 20.2. The van der Waals surface area contributed by atoms with Crippen LogP contribution in [0.5, 0.6) is 0 Å². The van der Waals surface area contributed by atoms with Gasteiger partial charge in [0, 0.05) is 16.3 Å². The minimum atomic E-state index is -0.482. The van der Waals surface area contributed by atoms with Gasteiger partial charge in [-0.25, -0.2) is 9.97 Å². The smallest absolute Gasteiger partial charge is 0.293 e. The third-order valence-corrected chi connectivity index (χ3v) is 6.70. The van der Waals surface area contributed by atoms with E-state index in [1.807, 2.05) is 27.7 Å². The van der Waals surface area contributed by atoms with Crippen molar-refractivity contribution in [1.29, 1.82) is 0 Å². The Labute approximate surface area is 170 Å². The van der Waals surface area contributed by atoms with Crippen LogP contribution in [0.25, 0.3) is 10.2 Å². The topological polar surface area (TPSA) is 98.0 Å².